The van der Waals surface area contributed by atoms with E-state index in [0.717, 1.165) is 24.7 Å². The van der Waals surface area contributed by atoms with Gasteiger partial charge in [0.1, 0.15) is 17.4 Å². The van der Waals surface area contributed by atoms with Gasteiger partial charge in [-0.15, -0.1) is 0 Å². The quantitative estimate of drug-likeness (QED) is 0.374. The zero-order chi connectivity index (χ0) is 24.6. The van der Waals surface area contributed by atoms with Crippen molar-refractivity contribution < 1.29 is 27.1 Å². The third-order valence-electron chi connectivity index (χ3n) is 4.78. The Hall–Kier alpha value is -3.04. The number of nitrogens with zero attached hydrogens (tertiary/aromatic N) is 1. The minimum Gasteiger partial charge on any atom is -0.440 e. The van der Waals surface area contributed by atoms with Crippen LogP contribution < -0.4 is 10.1 Å². The summed E-state index contributed by atoms with van der Waals surface area (Å²) in [7, 11) is -2.01. The normalized spacial score (nSPS) is 16.6. The fourth-order valence-electron chi connectivity index (χ4n) is 2.73. The molecule has 0 spiro atoms. The maximum absolute atomic E-state index is 13.2. The standard InChI is InChI=1S/C24H29FN2O5S/c1-6-7-20(33(5,29)30)12-13-26-23(28)21-14-19(18-9-10-18)15-27-24(21)32-22(17(3)31-4)11-8-16(2)25/h6-8,11-15,17-18H,1,9-10H2,2-5H3,(H,26,28)/b13-12+,16-8+,20-7+,22-11+. The fourth-order valence-corrected chi connectivity index (χ4v) is 3.38. The molecule has 0 saturated heterocycles. The van der Waals surface area contributed by atoms with Crippen molar-refractivity contribution in [3.05, 3.63) is 83.0 Å². The van der Waals surface area contributed by atoms with E-state index in [0.29, 0.717) is 5.92 Å². The molecular formula is C24H29FN2O5S. The number of hydrogen-bond donors (Lipinski definition) is 1. The van der Waals surface area contributed by atoms with Crippen molar-refractivity contribution in [2.24, 2.45) is 0 Å². The summed E-state index contributed by atoms with van der Waals surface area (Å²) in [6, 6.07) is 1.70. The molecule has 1 N–H and O–H groups in total. The van der Waals surface area contributed by atoms with Crippen LogP contribution in [-0.4, -0.2) is 38.8 Å². The smallest absolute Gasteiger partial charge is 0.260 e. The molecule has 1 saturated carbocycles. The van der Waals surface area contributed by atoms with Crippen molar-refractivity contribution >= 4 is 15.7 Å². The Balaban J connectivity index is 2.37. The molecule has 1 heterocycles. The van der Waals surface area contributed by atoms with E-state index >= 15 is 0 Å². The molecule has 33 heavy (non-hydrogen) atoms. The van der Waals surface area contributed by atoms with Gasteiger partial charge in [-0.1, -0.05) is 12.7 Å². The number of nitrogens with one attached hydrogen (secondary N) is 1. The monoisotopic (exact) mass is 476 g/mol. The number of hydrogen-bond acceptors (Lipinski definition) is 6. The van der Waals surface area contributed by atoms with Crippen LogP contribution in [0.15, 0.2) is 71.9 Å². The predicted octanol–water partition coefficient (Wildman–Crippen LogP) is 4.49. The second-order valence-electron chi connectivity index (χ2n) is 7.58. The third kappa shape index (κ3) is 8.11. The Bertz CT molecular complexity index is 1110. The van der Waals surface area contributed by atoms with Crippen molar-refractivity contribution in [3.63, 3.8) is 0 Å². The van der Waals surface area contributed by atoms with Crippen molar-refractivity contribution in [3.8, 4) is 5.88 Å². The van der Waals surface area contributed by atoms with Crippen molar-refractivity contribution in [2.45, 2.75) is 38.7 Å². The Kier molecular flexibility index (Phi) is 9.31. The zero-order valence-corrected chi connectivity index (χ0v) is 20.0. The molecule has 1 unspecified atom stereocenters. The first-order chi connectivity index (χ1) is 15.6. The van der Waals surface area contributed by atoms with E-state index in [-0.39, 0.29) is 22.1 Å². The van der Waals surface area contributed by atoms with Gasteiger partial charge in [0.25, 0.3) is 5.91 Å². The molecule has 9 heteroatoms. The summed E-state index contributed by atoms with van der Waals surface area (Å²) in [5, 5.41) is 2.55. The SMILES string of the molecule is C=C/C=C(\C=C\NC(=O)c1cc(C2CC2)cnc1O/C(=C/C=C(\C)F)C(C)OC)S(C)(=O)=O. The van der Waals surface area contributed by atoms with Crippen LogP contribution >= 0.6 is 0 Å². The molecule has 7 nitrogen and oxygen atoms in total. The van der Waals surface area contributed by atoms with Crippen LogP contribution in [0.3, 0.4) is 0 Å². The molecule has 1 aliphatic carbocycles. The van der Waals surface area contributed by atoms with E-state index < -0.39 is 27.7 Å². The maximum atomic E-state index is 13.2. The molecule has 1 aromatic heterocycles. The molecule has 2 rings (SSSR count). The Morgan fingerprint density at radius 1 is 1.33 bits per heavy atom. The molecule has 0 radical (unpaired) electrons. The van der Waals surface area contributed by atoms with E-state index in [1.54, 1.807) is 19.2 Å². The number of aromatic nitrogens is 1. The number of carbonyl (C=O) groups is 1. The van der Waals surface area contributed by atoms with E-state index in [9.17, 15) is 17.6 Å². The zero-order valence-electron chi connectivity index (χ0n) is 19.2. The van der Waals surface area contributed by atoms with E-state index in [2.05, 4.69) is 16.9 Å². The summed E-state index contributed by atoms with van der Waals surface area (Å²) in [6.45, 7) is 6.51. The lowest BCUT2D eigenvalue weighted by Gasteiger charge is -2.17. The number of sulfone groups is 1. The molecule has 0 bridgehead atoms. The fraction of sp³-hybridized carbons (Fsp3) is 0.333. The topological polar surface area (TPSA) is 94.6 Å². The number of ether oxygens (including phenoxy) is 2. The molecule has 0 aromatic carbocycles. The molecule has 1 atom stereocenters. The summed E-state index contributed by atoms with van der Waals surface area (Å²) in [5.41, 5.74) is 1.07. The number of rotatable bonds is 11. The molecule has 1 amide bonds. The summed E-state index contributed by atoms with van der Waals surface area (Å²) < 4.78 is 48.0. The van der Waals surface area contributed by atoms with Gasteiger partial charge in [-0.3, -0.25) is 4.79 Å². The molecule has 1 aromatic rings. The minimum atomic E-state index is -3.49. The highest BCUT2D eigenvalue weighted by molar-refractivity contribution is 7.94. The number of pyridine rings is 1. The summed E-state index contributed by atoms with van der Waals surface area (Å²) in [6.07, 6.45) is 12.0. The lowest BCUT2D eigenvalue weighted by atomic mass is 10.1. The lowest BCUT2D eigenvalue weighted by Crippen LogP contribution is -2.21. The average Bonchev–Trinajstić information content (AvgIpc) is 3.60. The Morgan fingerprint density at radius 2 is 2.03 bits per heavy atom. The van der Waals surface area contributed by atoms with Crippen molar-refractivity contribution in [2.75, 3.05) is 13.4 Å². The van der Waals surface area contributed by atoms with Crippen LogP contribution in [0.25, 0.3) is 0 Å². The highest BCUT2D eigenvalue weighted by Crippen LogP contribution is 2.40. The highest BCUT2D eigenvalue weighted by Gasteiger charge is 2.27. The van der Waals surface area contributed by atoms with Gasteiger partial charge < -0.3 is 14.8 Å². The number of amides is 1. The van der Waals surface area contributed by atoms with Crippen LogP contribution in [0, 0.1) is 0 Å². The number of carbonyl (C=O) groups excluding carboxylic acids is 1. The first-order valence-corrected chi connectivity index (χ1v) is 12.2. The van der Waals surface area contributed by atoms with Crippen LogP contribution in [0.4, 0.5) is 4.39 Å². The Labute approximate surface area is 194 Å². The molecular weight excluding hydrogens is 447 g/mol. The second-order valence-corrected chi connectivity index (χ2v) is 9.60. The van der Waals surface area contributed by atoms with Gasteiger partial charge in [-0.25, -0.2) is 17.8 Å². The van der Waals surface area contributed by atoms with Gasteiger partial charge >= 0.3 is 0 Å². The second kappa shape index (κ2) is 11.7. The average molecular weight is 477 g/mol. The first kappa shape index (κ1) is 26.2. The molecule has 1 aliphatic rings. The van der Waals surface area contributed by atoms with Crippen LogP contribution in [0.2, 0.25) is 0 Å². The lowest BCUT2D eigenvalue weighted by molar-refractivity contribution is 0.0956. The van der Waals surface area contributed by atoms with Gasteiger partial charge in [0.2, 0.25) is 5.88 Å². The predicted molar refractivity (Wildman–Crippen MR) is 126 cm³/mol. The van der Waals surface area contributed by atoms with Gasteiger partial charge in [0, 0.05) is 25.8 Å². The summed E-state index contributed by atoms with van der Waals surface area (Å²) >= 11 is 0. The first-order valence-electron chi connectivity index (χ1n) is 10.3. The van der Waals surface area contributed by atoms with E-state index in [4.69, 9.17) is 9.47 Å². The van der Waals surface area contributed by atoms with E-state index in [1.807, 2.05) is 0 Å². The maximum Gasteiger partial charge on any atom is 0.260 e. The van der Waals surface area contributed by atoms with Crippen molar-refractivity contribution in [1.82, 2.24) is 10.3 Å². The van der Waals surface area contributed by atoms with Crippen LogP contribution in [0.5, 0.6) is 5.88 Å². The van der Waals surface area contributed by atoms with Crippen LogP contribution in [0.1, 0.15) is 48.5 Å². The van der Waals surface area contributed by atoms with Gasteiger partial charge in [-0.2, -0.15) is 0 Å². The third-order valence-corrected chi connectivity index (χ3v) is 5.91. The summed E-state index contributed by atoms with van der Waals surface area (Å²) in [5.74, 6) is -0.335. The van der Waals surface area contributed by atoms with Crippen LogP contribution in [-0.2, 0) is 14.6 Å². The van der Waals surface area contributed by atoms with Gasteiger partial charge in [-0.05, 0) is 68.5 Å². The van der Waals surface area contributed by atoms with Crippen molar-refractivity contribution in [1.29, 1.82) is 0 Å². The van der Waals surface area contributed by atoms with Gasteiger partial charge in [0.15, 0.2) is 9.84 Å². The van der Waals surface area contributed by atoms with Gasteiger partial charge in [0.05, 0.1) is 10.7 Å². The highest BCUT2D eigenvalue weighted by atomic mass is 32.2. The molecule has 0 aliphatic heterocycles. The molecule has 1 fully saturated rings. The van der Waals surface area contributed by atoms with E-state index in [1.165, 1.54) is 50.6 Å². The number of methoxy groups -OCH3 is 1. The number of allylic oxidation sites excluding steroid dienone is 6. The Morgan fingerprint density at radius 3 is 2.58 bits per heavy atom. The summed E-state index contributed by atoms with van der Waals surface area (Å²) in [4.78, 5) is 17.3. The number of halogens is 1. The minimum absolute atomic E-state index is 0.00773. The largest absolute Gasteiger partial charge is 0.440 e. The molecule has 178 valence electrons.